The molecule has 0 spiro atoms. The number of ether oxygens (including phenoxy) is 1. The molecule has 8 nitrogen and oxygen atoms in total. The van der Waals surface area contributed by atoms with Crippen molar-refractivity contribution in [2.45, 2.75) is 11.8 Å². The molecule has 0 aliphatic rings. The average molecular weight is 363 g/mol. The average Bonchev–Trinajstić information content (AvgIpc) is 2.54. The maximum Gasteiger partial charge on any atom is 0.261 e. The minimum absolute atomic E-state index is 0.0323. The molecule has 0 unspecified atom stereocenters. The van der Waals surface area contributed by atoms with Gasteiger partial charge in [0.05, 0.1) is 4.90 Å². The molecular weight excluding hydrogens is 346 g/mol. The van der Waals surface area contributed by atoms with E-state index < -0.39 is 15.9 Å². The molecule has 0 fully saturated rings. The Morgan fingerprint density at radius 1 is 1.00 bits per heavy atom. The lowest BCUT2D eigenvalue weighted by Crippen LogP contribution is -2.20. The van der Waals surface area contributed by atoms with Gasteiger partial charge in [0.15, 0.2) is 6.61 Å². The van der Waals surface area contributed by atoms with Crippen LogP contribution in [0.5, 0.6) is 5.75 Å². The number of benzene rings is 2. The summed E-state index contributed by atoms with van der Waals surface area (Å²) in [6, 6.07) is 11.8. The van der Waals surface area contributed by atoms with E-state index in [0.29, 0.717) is 17.1 Å². The molecule has 2 aromatic rings. The molecule has 2 amide bonds. The number of amides is 2. The number of anilines is 2. The summed E-state index contributed by atoms with van der Waals surface area (Å²) >= 11 is 0. The van der Waals surface area contributed by atoms with Crippen molar-refractivity contribution in [1.29, 1.82) is 0 Å². The number of nitrogens with two attached hydrogens (primary N) is 1. The van der Waals surface area contributed by atoms with Crippen molar-refractivity contribution in [3.63, 3.8) is 0 Å². The Kier molecular flexibility index (Phi) is 5.60. The normalized spacial score (nSPS) is 10.8. The van der Waals surface area contributed by atoms with Crippen LogP contribution >= 0.6 is 0 Å². The molecule has 0 bridgehead atoms. The van der Waals surface area contributed by atoms with Crippen LogP contribution in [0.2, 0.25) is 0 Å². The SMILES string of the molecule is CC(=O)Nc1ccc(NS(=O)(=O)c2ccc(OCC(N)=O)cc2)cc1. The summed E-state index contributed by atoms with van der Waals surface area (Å²) < 4.78 is 32.2. The second-order valence-corrected chi connectivity index (χ2v) is 6.77. The Labute approximate surface area is 145 Å². The fourth-order valence-corrected chi connectivity index (χ4v) is 2.97. The fraction of sp³-hybridized carbons (Fsp3) is 0.125. The van der Waals surface area contributed by atoms with Gasteiger partial charge in [-0.1, -0.05) is 0 Å². The quantitative estimate of drug-likeness (QED) is 0.683. The van der Waals surface area contributed by atoms with Crippen molar-refractivity contribution in [2.75, 3.05) is 16.6 Å². The molecule has 2 rings (SSSR count). The first-order valence-corrected chi connectivity index (χ1v) is 8.66. The molecule has 0 saturated heterocycles. The monoisotopic (exact) mass is 363 g/mol. The highest BCUT2D eigenvalue weighted by atomic mass is 32.2. The molecule has 0 heterocycles. The van der Waals surface area contributed by atoms with E-state index in [1.807, 2.05) is 0 Å². The highest BCUT2D eigenvalue weighted by Crippen LogP contribution is 2.20. The second-order valence-electron chi connectivity index (χ2n) is 5.09. The summed E-state index contributed by atoms with van der Waals surface area (Å²) in [5, 5.41) is 2.59. The Morgan fingerprint density at radius 3 is 2.08 bits per heavy atom. The van der Waals surface area contributed by atoms with Crippen molar-refractivity contribution in [1.82, 2.24) is 0 Å². The van der Waals surface area contributed by atoms with E-state index in [2.05, 4.69) is 10.0 Å². The van der Waals surface area contributed by atoms with Gasteiger partial charge in [-0.3, -0.25) is 14.3 Å². The Balaban J connectivity index is 2.08. The van der Waals surface area contributed by atoms with Crippen LogP contribution in [-0.2, 0) is 19.6 Å². The van der Waals surface area contributed by atoms with Crippen molar-refractivity contribution >= 4 is 33.2 Å². The molecule has 25 heavy (non-hydrogen) atoms. The molecule has 0 aliphatic heterocycles. The standard InChI is InChI=1S/C16H17N3O5S/c1-11(20)18-12-2-4-13(5-3-12)19-25(22,23)15-8-6-14(7-9-15)24-10-16(17)21/h2-9,19H,10H2,1H3,(H2,17,21)(H,18,20). The van der Waals surface area contributed by atoms with E-state index in [0.717, 1.165) is 0 Å². The van der Waals surface area contributed by atoms with Gasteiger partial charge in [-0.15, -0.1) is 0 Å². The summed E-state index contributed by atoms with van der Waals surface area (Å²) in [6.45, 7) is 1.10. The molecule has 0 aromatic heterocycles. The van der Waals surface area contributed by atoms with E-state index in [9.17, 15) is 18.0 Å². The van der Waals surface area contributed by atoms with Crippen LogP contribution in [0.1, 0.15) is 6.92 Å². The number of carbonyl (C=O) groups excluding carboxylic acids is 2. The number of hydrogen-bond acceptors (Lipinski definition) is 5. The van der Waals surface area contributed by atoms with E-state index in [4.69, 9.17) is 10.5 Å². The third-order valence-corrected chi connectivity index (χ3v) is 4.37. The third-order valence-electron chi connectivity index (χ3n) is 2.97. The van der Waals surface area contributed by atoms with E-state index in [-0.39, 0.29) is 17.4 Å². The number of carbonyl (C=O) groups is 2. The molecule has 2 aromatic carbocycles. The summed E-state index contributed by atoms with van der Waals surface area (Å²) in [4.78, 5) is 21.7. The molecule has 4 N–H and O–H groups in total. The zero-order chi connectivity index (χ0) is 18.4. The van der Waals surface area contributed by atoms with Gasteiger partial charge in [-0.25, -0.2) is 8.42 Å². The third kappa shape index (κ3) is 5.50. The number of nitrogens with one attached hydrogen (secondary N) is 2. The number of sulfonamides is 1. The van der Waals surface area contributed by atoms with Crippen molar-refractivity contribution in [3.8, 4) is 5.75 Å². The minimum atomic E-state index is -3.78. The molecule has 0 radical (unpaired) electrons. The number of rotatable bonds is 7. The van der Waals surface area contributed by atoms with Crippen LogP contribution < -0.4 is 20.5 Å². The largest absolute Gasteiger partial charge is 0.484 e. The highest BCUT2D eigenvalue weighted by Gasteiger charge is 2.14. The molecule has 0 atom stereocenters. The highest BCUT2D eigenvalue weighted by molar-refractivity contribution is 7.92. The van der Waals surface area contributed by atoms with Gasteiger partial charge in [0.2, 0.25) is 5.91 Å². The first-order chi connectivity index (χ1) is 11.8. The van der Waals surface area contributed by atoms with Gasteiger partial charge in [-0.05, 0) is 48.5 Å². The van der Waals surface area contributed by atoms with Crippen molar-refractivity contribution in [3.05, 3.63) is 48.5 Å². The first kappa shape index (κ1) is 18.3. The van der Waals surface area contributed by atoms with Crippen LogP contribution in [0.15, 0.2) is 53.4 Å². The molecule has 0 saturated carbocycles. The fourth-order valence-electron chi connectivity index (χ4n) is 1.91. The molecule has 9 heteroatoms. The summed E-state index contributed by atoms with van der Waals surface area (Å²) in [6.07, 6.45) is 0. The van der Waals surface area contributed by atoms with Crippen LogP contribution in [0, 0.1) is 0 Å². The van der Waals surface area contributed by atoms with E-state index >= 15 is 0 Å². The first-order valence-electron chi connectivity index (χ1n) is 7.18. The van der Waals surface area contributed by atoms with E-state index in [1.54, 1.807) is 12.1 Å². The number of primary amides is 1. The lowest BCUT2D eigenvalue weighted by atomic mass is 10.3. The molecular formula is C16H17N3O5S. The summed E-state index contributed by atoms with van der Waals surface area (Å²) in [5.41, 5.74) is 5.88. The lowest BCUT2D eigenvalue weighted by molar-refractivity contribution is -0.120. The topological polar surface area (TPSA) is 128 Å². The molecule has 132 valence electrons. The van der Waals surface area contributed by atoms with Crippen LogP contribution in [-0.4, -0.2) is 26.8 Å². The Bertz CT molecular complexity index is 862. The van der Waals surface area contributed by atoms with Gasteiger partial charge in [0.1, 0.15) is 5.75 Å². The van der Waals surface area contributed by atoms with Gasteiger partial charge in [-0.2, -0.15) is 0 Å². The smallest absolute Gasteiger partial charge is 0.261 e. The zero-order valence-corrected chi connectivity index (χ0v) is 14.2. The van der Waals surface area contributed by atoms with Crippen LogP contribution in [0.4, 0.5) is 11.4 Å². The van der Waals surface area contributed by atoms with Crippen molar-refractivity contribution < 1.29 is 22.7 Å². The Morgan fingerprint density at radius 2 is 1.56 bits per heavy atom. The maximum absolute atomic E-state index is 12.3. The number of hydrogen-bond donors (Lipinski definition) is 3. The van der Waals surface area contributed by atoms with Gasteiger partial charge in [0.25, 0.3) is 15.9 Å². The predicted molar refractivity (Wildman–Crippen MR) is 92.7 cm³/mol. The van der Waals surface area contributed by atoms with Gasteiger partial charge in [0, 0.05) is 18.3 Å². The van der Waals surface area contributed by atoms with Crippen molar-refractivity contribution in [2.24, 2.45) is 5.73 Å². The van der Waals surface area contributed by atoms with E-state index in [1.165, 1.54) is 43.3 Å². The molecule has 0 aliphatic carbocycles. The van der Waals surface area contributed by atoms with Crippen LogP contribution in [0.25, 0.3) is 0 Å². The predicted octanol–water partition coefficient (Wildman–Crippen LogP) is 1.31. The Hall–Kier alpha value is -3.07. The summed E-state index contributed by atoms with van der Waals surface area (Å²) in [7, 11) is -3.78. The second kappa shape index (κ2) is 7.67. The van der Waals surface area contributed by atoms with Gasteiger partial charge < -0.3 is 15.8 Å². The summed E-state index contributed by atoms with van der Waals surface area (Å²) in [5.74, 6) is -0.509. The minimum Gasteiger partial charge on any atom is -0.484 e. The van der Waals surface area contributed by atoms with Gasteiger partial charge >= 0.3 is 0 Å². The zero-order valence-electron chi connectivity index (χ0n) is 13.4. The lowest BCUT2D eigenvalue weighted by Gasteiger charge is -2.10. The maximum atomic E-state index is 12.3. The van der Waals surface area contributed by atoms with Crippen LogP contribution in [0.3, 0.4) is 0 Å².